The molecule has 0 aliphatic carbocycles. The molecule has 0 aliphatic heterocycles. The summed E-state index contributed by atoms with van der Waals surface area (Å²) in [6, 6.07) is 4.17. The third-order valence-electron chi connectivity index (χ3n) is 1.69. The Labute approximate surface area is 90.8 Å². The zero-order valence-electron chi connectivity index (χ0n) is 7.78. The van der Waals surface area contributed by atoms with Crippen LogP contribution in [0.3, 0.4) is 0 Å². The Hall–Kier alpha value is -0.910. The first-order chi connectivity index (χ1) is 6.90. The summed E-state index contributed by atoms with van der Waals surface area (Å²) < 4.78 is 0. The van der Waals surface area contributed by atoms with Crippen LogP contribution in [0.2, 0.25) is 0 Å². The lowest BCUT2D eigenvalue weighted by Gasteiger charge is -1.98. The van der Waals surface area contributed by atoms with Gasteiger partial charge in [-0.05, 0) is 18.5 Å². The zero-order valence-corrected chi connectivity index (χ0v) is 9.41. The molecule has 0 unspecified atom stereocenters. The Balaban J connectivity index is 2.10. The van der Waals surface area contributed by atoms with Crippen molar-refractivity contribution < 1.29 is 0 Å². The number of nitrogens with one attached hydrogen (secondary N) is 2. The summed E-state index contributed by atoms with van der Waals surface area (Å²) in [7, 11) is 1.90. The first-order valence-corrected chi connectivity index (χ1v) is 5.98. The Morgan fingerprint density at radius 2 is 2.36 bits per heavy atom. The minimum atomic E-state index is 0.747. The van der Waals surface area contributed by atoms with Crippen LogP contribution in [0.1, 0.15) is 0 Å². The van der Waals surface area contributed by atoms with E-state index in [0.717, 1.165) is 11.8 Å². The van der Waals surface area contributed by atoms with Crippen LogP contribution in [0, 0.1) is 0 Å². The maximum Gasteiger partial charge on any atom is 0.184 e. The Kier molecular flexibility index (Phi) is 3.13. The summed E-state index contributed by atoms with van der Waals surface area (Å²) in [5.41, 5.74) is 0. The van der Waals surface area contributed by atoms with E-state index in [1.807, 2.05) is 13.2 Å². The van der Waals surface area contributed by atoms with Gasteiger partial charge in [-0.25, -0.2) is 4.98 Å². The van der Waals surface area contributed by atoms with E-state index >= 15 is 0 Å². The average molecular weight is 225 g/mol. The Morgan fingerprint density at radius 3 is 3.07 bits per heavy atom. The van der Waals surface area contributed by atoms with Gasteiger partial charge in [0.05, 0.1) is 11.5 Å². The van der Waals surface area contributed by atoms with E-state index in [2.05, 4.69) is 33.1 Å². The molecule has 0 saturated carbocycles. The van der Waals surface area contributed by atoms with Crippen molar-refractivity contribution in [3.63, 3.8) is 0 Å². The van der Waals surface area contributed by atoms with Gasteiger partial charge in [0.15, 0.2) is 5.13 Å². The van der Waals surface area contributed by atoms with Gasteiger partial charge in [0.2, 0.25) is 0 Å². The monoisotopic (exact) mass is 225 g/mol. The van der Waals surface area contributed by atoms with Crippen molar-refractivity contribution >= 4 is 27.8 Å². The van der Waals surface area contributed by atoms with E-state index in [0.29, 0.717) is 0 Å². The first kappa shape index (κ1) is 9.64. The third-order valence-corrected chi connectivity index (χ3v) is 3.71. The van der Waals surface area contributed by atoms with Crippen molar-refractivity contribution in [2.45, 2.75) is 0 Å². The highest BCUT2D eigenvalue weighted by Crippen LogP contribution is 2.31. The molecule has 0 atom stereocenters. The number of aromatic nitrogens is 1. The van der Waals surface area contributed by atoms with Gasteiger partial charge in [0.25, 0.3) is 0 Å². The molecule has 0 aromatic carbocycles. The Morgan fingerprint density at radius 1 is 1.43 bits per heavy atom. The zero-order chi connectivity index (χ0) is 9.80. The SMILES string of the molecule is CNCNc1ncc(-c2cccs2)s1. The van der Waals surface area contributed by atoms with Gasteiger partial charge in [-0.1, -0.05) is 17.4 Å². The molecule has 0 bridgehead atoms. The number of anilines is 1. The van der Waals surface area contributed by atoms with Crippen LogP contribution in [0.5, 0.6) is 0 Å². The molecule has 2 aromatic rings. The first-order valence-electron chi connectivity index (χ1n) is 4.28. The number of nitrogens with zero attached hydrogens (tertiary/aromatic N) is 1. The molecule has 14 heavy (non-hydrogen) atoms. The molecular formula is C9H11N3S2. The van der Waals surface area contributed by atoms with Gasteiger partial charge in [0.1, 0.15) is 0 Å². The van der Waals surface area contributed by atoms with Gasteiger partial charge < -0.3 is 10.6 Å². The third kappa shape index (κ3) is 2.12. The maximum absolute atomic E-state index is 4.28. The van der Waals surface area contributed by atoms with Crippen LogP contribution in [0.25, 0.3) is 9.75 Å². The van der Waals surface area contributed by atoms with Crippen LogP contribution >= 0.6 is 22.7 Å². The largest absolute Gasteiger partial charge is 0.349 e. The molecule has 0 spiro atoms. The number of thiophene rings is 1. The summed E-state index contributed by atoms with van der Waals surface area (Å²) in [4.78, 5) is 6.78. The predicted molar refractivity (Wildman–Crippen MR) is 63.0 cm³/mol. The van der Waals surface area contributed by atoms with Gasteiger partial charge >= 0.3 is 0 Å². The number of thiazole rings is 1. The van der Waals surface area contributed by atoms with Crippen LogP contribution < -0.4 is 10.6 Å². The van der Waals surface area contributed by atoms with Crippen LogP contribution in [0.4, 0.5) is 5.13 Å². The molecule has 0 radical (unpaired) electrons. The van der Waals surface area contributed by atoms with Crippen LogP contribution in [-0.4, -0.2) is 18.7 Å². The highest BCUT2D eigenvalue weighted by Gasteiger charge is 2.03. The summed E-state index contributed by atoms with van der Waals surface area (Å²) >= 11 is 3.42. The molecule has 0 fully saturated rings. The molecular weight excluding hydrogens is 214 g/mol. The molecule has 0 amide bonds. The second-order valence-corrected chi connectivity index (χ2v) is 4.69. The minimum absolute atomic E-state index is 0.747. The molecule has 5 heteroatoms. The van der Waals surface area contributed by atoms with Gasteiger partial charge in [-0.3, -0.25) is 0 Å². The van der Waals surface area contributed by atoms with E-state index in [-0.39, 0.29) is 0 Å². The molecule has 2 rings (SSSR count). The number of hydrogen-bond acceptors (Lipinski definition) is 5. The van der Waals surface area contributed by atoms with Crippen molar-refractivity contribution in [3.8, 4) is 9.75 Å². The van der Waals surface area contributed by atoms with Gasteiger partial charge in [-0.15, -0.1) is 11.3 Å². The minimum Gasteiger partial charge on any atom is -0.349 e. The van der Waals surface area contributed by atoms with E-state index < -0.39 is 0 Å². The van der Waals surface area contributed by atoms with Crippen LogP contribution in [0.15, 0.2) is 23.7 Å². The standard InChI is InChI=1S/C9H11N3S2/c1-10-6-12-9-11-5-8(14-9)7-3-2-4-13-7/h2-5,10H,6H2,1H3,(H,11,12). The van der Waals surface area contributed by atoms with Crippen molar-refractivity contribution in [1.82, 2.24) is 10.3 Å². The van der Waals surface area contributed by atoms with Crippen molar-refractivity contribution in [3.05, 3.63) is 23.7 Å². The fraction of sp³-hybridized carbons (Fsp3) is 0.222. The highest BCUT2D eigenvalue weighted by atomic mass is 32.1. The molecule has 2 N–H and O–H groups in total. The van der Waals surface area contributed by atoms with E-state index in [1.54, 1.807) is 22.7 Å². The summed E-state index contributed by atoms with van der Waals surface area (Å²) in [6.07, 6.45) is 1.91. The van der Waals surface area contributed by atoms with Gasteiger partial charge in [-0.2, -0.15) is 0 Å². The predicted octanol–water partition coefficient (Wildman–Crippen LogP) is 2.46. The van der Waals surface area contributed by atoms with Crippen LogP contribution in [-0.2, 0) is 0 Å². The Bertz CT molecular complexity index is 380. The molecule has 3 nitrogen and oxygen atoms in total. The molecule has 0 aliphatic rings. The van der Waals surface area contributed by atoms with E-state index in [4.69, 9.17) is 0 Å². The van der Waals surface area contributed by atoms with E-state index in [1.165, 1.54) is 9.75 Å². The lowest BCUT2D eigenvalue weighted by molar-refractivity contribution is 0.873. The lowest BCUT2D eigenvalue weighted by atomic mass is 10.4. The topological polar surface area (TPSA) is 37.0 Å². The van der Waals surface area contributed by atoms with Crippen molar-refractivity contribution in [1.29, 1.82) is 0 Å². The normalized spacial score (nSPS) is 10.4. The lowest BCUT2D eigenvalue weighted by Crippen LogP contribution is -2.16. The molecule has 2 heterocycles. The molecule has 74 valence electrons. The highest BCUT2D eigenvalue weighted by molar-refractivity contribution is 7.23. The summed E-state index contributed by atoms with van der Waals surface area (Å²) in [5, 5.41) is 9.24. The second-order valence-electron chi connectivity index (χ2n) is 2.71. The number of rotatable bonds is 4. The fourth-order valence-electron chi connectivity index (χ4n) is 1.05. The van der Waals surface area contributed by atoms with E-state index in [9.17, 15) is 0 Å². The average Bonchev–Trinajstić information content (AvgIpc) is 2.85. The van der Waals surface area contributed by atoms with Crippen molar-refractivity contribution in [2.75, 3.05) is 19.0 Å². The molecule has 0 saturated heterocycles. The maximum atomic E-state index is 4.28. The fourth-order valence-corrected chi connectivity index (χ4v) is 2.68. The smallest absolute Gasteiger partial charge is 0.184 e. The van der Waals surface area contributed by atoms with Gasteiger partial charge in [0, 0.05) is 11.1 Å². The van der Waals surface area contributed by atoms with Crippen molar-refractivity contribution in [2.24, 2.45) is 0 Å². The molecule has 2 aromatic heterocycles. The summed E-state index contributed by atoms with van der Waals surface area (Å²) in [6.45, 7) is 0.747. The summed E-state index contributed by atoms with van der Waals surface area (Å²) in [5.74, 6) is 0. The quantitative estimate of drug-likeness (QED) is 0.785. The second kappa shape index (κ2) is 4.54. The number of hydrogen-bond donors (Lipinski definition) is 2.